The Morgan fingerprint density at radius 2 is 1.97 bits per heavy atom. The number of hydrogen-bond donors (Lipinski definition) is 3. The highest BCUT2D eigenvalue weighted by Crippen LogP contribution is 2.32. The van der Waals surface area contributed by atoms with Crippen LogP contribution in [0.15, 0.2) is 61.4 Å². The maximum atomic E-state index is 4.55. The van der Waals surface area contributed by atoms with Crippen molar-refractivity contribution >= 4 is 21.8 Å². The zero-order valence-corrected chi connectivity index (χ0v) is 15.5. The van der Waals surface area contributed by atoms with Gasteiger partial charge in [0.1, 0.15) is 5.69 Å². The number of imidazole rings is 1. The molecule has 140 valence electrons. The van der Waals surface area contributed by atoms with Crippen LogP contribution in [0.5, 0.6) is 0 Å². The number of aromatic nitrogens is 8. The van der Waals surface area contributed by atoms with E-state index in [9.17, 15) is 0 Å². The number of benzene rings is 1. The van der Waals surface area contributed by atoms with Crippen LogP contribution in [0.1, 0.15) is 5.69 Å². The quantitative estimate of drug-likeness (QED) is 0.432. The summed E-state index contributed by atoms with van der Waals surface area (Å²) in [6.07, 6.45) is 9.25. The molecule has 0 radical (unpaired) electrons. The first-order valence-corrected chi connectivity index (χ1v) is 9.22. The normalized spacial score (nSPS) is 11.6. The van der Waals surface area contributed by atoms with E-state index in [1.807, 2.05) is 42.3 Å². The highest BCUT2D eigenvalue weighted by Gasteiger charge is 2.15. The van der Waals surface area contributed by atoms with E-state index >= 15 is 0 Å². The van der Waals surface area contributed by atoms with E-state index in [4.69, 9.17) is 0 Å². The maximum Gasteiger partial charge on any atom is 0.116 e. The predicted molar refractivity (Wildman–Crippen MR) is 111 cm³/mol. The largest absolute Gasteiger partial charge is 0.353 e. The molecule has 3 N–H and O–H groups in total. The molecule has 0 unspecified atom stereocenters. The predicted octanol–water partition coefficient (Wildman–Crippen LogP) is 3.99. The van der Waals surface area contributed by atoms with Gasteiger partial charge in [0.05, 0.1) is 47.0 Å². The van der Waals surface area contributed by atoms with E-state index in [0.29, 0.717) is 0 Å². The lowest BCUT2D eigenvalue weighted by molar-refractivity contribution is 1.07. The summed E-state index contributed by atoms with van der Waals surface area (Å²) >= 11 is 0. The lowest BCUT2D eigenvalue weighted by Gasteiger charge is -2.03. The van der Waals surface area contributed by atoms with Crippen LogP contribution in [0.25, 0.3) is 50.1 Å². The fourth-order valence-corrected chi connectivity index (χ4v) is 3.72. The smallest absolute Gasteiger partial charge is 0.116 e. The molecule has 8 nitrogen and oxygen atoms in total. The second-order valence-corrected chi connectivity index (χ2v) is 7.02. The second kappa shape index (κ2) is 5.90. The summed E-state index contributed by atoms with van der Waals surface area (Å²) in [5, 5.41) is 16.6. The standard InChI is InChI=1S/C21H16N8/c1-12-10-29(11-23-12)20-4-2-3-16-14(20)5-18(26-16)21-15-6-17(13-7-24-25-8-13)22-9-19(15)27-28-21/h2-11,26H,1H3,(H,24,25)(H,27,28). The molecular formula is C21H16N8. The molecule has 0 aliphatic heterocycles. The Bertz CT molecular complexity index is 1470. The van der Waals surface area contributed by atoms with Gasteiger partial charge in [0.2, 0.25) is 0 Å². The lowest BCUT2D eigenvalue weighted by Crippen LogP contribution is -1.89. The summed E-state index contributed by atoms with van der Waals surface area (Å²) in [5.41, 5.74) is 7.58. The van der Waals surface area contributed by atoms with Crippen LogP contribution in [0.4, 0.5) is 0 Å². The molecule has 0 amide bonds. The average Bonchev–Trinajstić information content (AvgIpc) is 3.51. The molecule has 0 saturated heterocycles. The molecular weight excluding hydrogens is 364 g/mol. The van der Waals surface area contributed by atoms with Crippen molar-refractivity contribution in [2.75, 3.05) is 0 Å². The summed E-state index contributed by atoms with van der Waals surface area (Å²) < 4.78 is 2.04. The molecule has 0 aliphatic rings. The van der Waals surface area contributed by atoms with Crippen molar-refractivity contribution in [1.82, 2.24) is 39.9 Å². The molecule has 6 rings (SSSR count). The van der Waals surface area contributed by atoms with Crippen LogP contribution < -0.4 is 0 Å². The highest BCUT2D eigenvalue weighted by atomic mass is 15.1. The number of aromatic amines is 3. The number of rotatable bonds is 3. The van der Waals surface area contributed by atoms with Crippen LogP contribution in [0, 0.1) is 6.92 Å². The van der Waals surface area contributed by atoms with Gasteiger partial charge in [-0.05, 0) is 31.2 Å². The summed E-state index contributed by atoms with van der Waals surface area (Å²) in [4.78, 5) is 12.4. The molecule has 8 heteroatoms. The zero-order chi connectivity index (χ0) is 19.4. The summed E-state index contributed by atoms with van der Waals surface area (Å²) in [6.45, 7) is 1.99. The molecule has 1 aromatic carbocycles. The van der Waals surface area contributed by atoms with E-state index in [1.54, 1.807) is 12.4 Å². The third-order valence-corrected chi connectivity index (χ3v) is 5.13. The molecule has 29 heavy (non-hydrogen) atoms. The first kappa shape index (κ1) is 15.8. The van der Waals surface area contributed by atoms with E-state index in [-0.39, 0.29) is 0 Å². The molecule has 0 atom stereocenters. The highest BCUT2D eigenvalue weighted by molar-refractivity contribution is 5.98. The minimum Gasteiger partial charge on any atom is -0.353 e. The van der Waals surface area contributed by atoms with E-state index < -0.39 is 0 Å². The topological polar surface area (TPSA) is 104 Å². The van der Waals surface area contributed by atoms with Gasteiger partial charge in [-0.1, -0.05) is 6.07 Å². The van der Waals surface area contributed by atoms with Gasteiger partial charge < -0.3 is 9.55 Å². The molecule has 6 aromatic rings. The Labute approximate surface area is 164 Å². The van der Waals surface area contributed by atoms with Gasteiger partial charge in [0.15, 0.2) is 0 Å². The van der Waals surface area contributed by atoms with E-state index in [2.05, 4.69) is 53.5 Å². The Morgan fingerprint density at radius 1 is 1.00 bits per heavy atom. The minimum atomic E-state index is 0.847. The van der Waals surface area contributed by atoms with Crippen molar-refractivity contribution in [1.29, 1.82) is 0 Å². The third kappa shape index (κ3) is 2.46. The number of H-pyrrole nitrogens is 3. The Morgan fingerprint density at radius 3 is 2.79 bits per heavy atom. The van der Waals surface area contributed by atoms with Gasteiger partial charge in [0, 0.05) is 34.2 Å². The van der Waals surface area contributed by atoms with Crippen molar-refractivity contribution in [3.8, 4) is 28.3 Å². The lowest BCUT2D eigenvalue weighted by atomic mass is 10.1. The maximum absolute atomic E-state index is 4.55. The molecule has 0 fully saturated rings. The zero-order valence-electron chi connectivity index (χ0n) is 15.5. The monoisotopic (exact) mass is 380 g/mol. The summed E-state index contributed by atoms with van der Waals surface area (Å²) in [7, 11) is 0. The fourth-order valence-electron chi connectivity index (χ4n) is 3.72. The second-order valence-electron chi connectivity index (χ2n) is 7.02. The van der Waals surface area contributed by atoms with Crippen molar-refractivity contribution < 1.29 is 0 Å². The van der Waals surface area contributed by atoms with Crippen LogP contribution >= 0.6 is 0 Å². The minimum absolute atomic E-state index is 0.847. The molecule has 0 spiro atoms. The van der Waals surface area contributed by atoms with Gasteiger partial charge in [0.25, 0.3) is 0 Å². The van der Waals surface area contributed by atoms with E-state index in [1.165, 1.54) is 0 Å². The van der Waals surface area contributed by atoms with Crippen LogP contribution in [-0.2, 0) is 0 Å². The average molecular weight is 380 g/mol. The van der Waals surface area contributed by atoms with Gasteiger partial charge in [-0.15, -0.1) is 0 Å². The number of aryl methyl sites for hydroxylation is 1. The Balaban J connectivity index is 1.53. The van der Waals surface area contributed by atoms with Crippen molar-refractivity contribution in [2.45, 2.75) is 6.92 Å². The van der Waals surface area contributed by atoms with Gasteiger partial charge in [-0.25, -0.2) is 4.98 Å². The number of nitrogens with one attached hydrogen (secondary N) is 3. The van der Waals surface area contributed by atoms with Crippen molar-refractivity contribution in [3.05, 3.63) is 67.1 Å². The Hall–Kier alpha value is -4.20. The van der Waals surface area contributed by atoms with Gasteiger partial charge in [-0.2, -0.15) is 10.2 Å². The van der Waals surface area contributed by atoms with Crippen molar-refractivity contribution in [2.24, 2.45) is 0 Å². The van der Waals surface area contributed by atoms with E-state index in [0.717, 1.165) is 55.8 Å². The molecule has 5 aromatic heterocycles. The SMILES string of the molecule is Cc1cn(-c2cccc3[nH]c(-c4n[nH]c5cnc(-c6cn[nH]c6)cc45)cc23)cn1. The molecule has 0 bridgehead atoms. The van der Waals surface area contributed by atoms with Crippen molar-refractivity contribution in [3.63, 3.8) is 0 Å². The molecule has 5 heterocycles. The number of fused-ring (bicyclic) bond motifs is 2. The Kier molecular flexibility index (Phi) is 3.22. The van der Waals surface area contributed by atoms with Gasteiger partial charge >= 0.3 is 0 Å². The fraction of sp³-hybridized carbons (Fsp3) is 0.0476. The van der Waals surface area contributed by atoms with Gasteiger partial charge in [-0.3, -0.25) is 15.2 Å². The number of pyridine rings is 1. The summed E-state index contributed by atoms with van der Waals surface area (Å²) in [6, 6.07) is 10.4. The van der Waals surface area contributed by atoms with Crippen LogP contribution in [-0.4, -0.2) is 39.9 Å². The first-order chi connectivity index (χ1) is 14.3. The first-order valence-electron chi connectivity index (χ1n) is 9.22. The van der Waals surface area contributed by atoms with Crippen LogP contribution in [0.3, 0.4) is 0 Å². The third-order valence-electron chi connectivity index (χ3n) is 5.13. The number of nitrogens with zero attached hydrogens (tertiary/aromatic N) is 5. The molecule has 0 aliphatic carbocycles. The summed E-state index contributed by atoms with van der Waals surface area (Å²) in [5.74, 6) is 0. The number of hydrogen-bond acceptors (Lipinski definition) is 4. The molecule has 0 saturated carbocycles. The van der Waals surface area contributed by atoms with Crippen LogP contribution in [0.2, 0.25) is 0 Å².